The predicted molar refractivity (Wildman–Crippen MR) is 66.2 cm³/mol. The molecule has 8 heteroatoms. The highest BCUT2D eigenvalue weighted by Gasteiger charge is 2.15. The van der Waals surface area contributed by atoms with Gasteiger partial charge < -0.3 is 5.73 Å². The van der Waals surface area contributed by atoms with Crippen LogP contribution in [0, 0.1) is 6.92 Å². The first-order chi connectivity index (χ1) is 8.47. The second-order valence-corrected chi connectivity index (χ2v) is 5.28. The lowest BCUT2D eigenvalue weighted by Gasteiger charge is -2.06. The van der Waals surface area contributed by atoms with Crippen LogP contribution in [0.15, 0.2) is 35.6 Å². The number of hydrogen-bond acceptors (Lipinski definition) is 6. The maximum Gasteiger partial charge on any atom is 0.266 e. The smallest absolute Gasteiger partial charge is 0.266 e. The fraction of sp³-hybridized carbons (Fsp3) is 0.100. The fourth-order valence-corrected chi connectivity index (χ4v) is 2.14. The number of nitrogens with zero attached hydrogens (tertiary/aromatic N) is 3. The number of pyridine rings is 1. The molecule has 0 aromatic carbocycles. The number of nitrogen functional groups attached to an aromatic ring is 1. The van der Waals surface area contributed by atoms with E-state index >= 15 is 0 Å². The molecule has 0 amide bonds. The van der Waals surface area contributed by atoms with Gasteiger partial charge in [-0.05, 0) is 24.6 Å². The van der Waals surface area contributed by atoms with Gasteiger partial charge in [-0.3, -0.25) is 4.72 Å². The molecule has 18 heavy (non-hydrogen) atoms. The van der Waals surface area contributed by atoms with Gasteiger partial charge in [-0.1, -0.05) is 0 Å². The normalized spacial score (nSPS) is 11.2. The van der Waals surface area contributed by atoms with Crippen LogP contribution in [-0.4, -0.2) is 23.4 Å². The SMILES string of the molecule is Cc1ccnc(NS(=O)(=O)c2cnc(N)nc2)c1. The van der Waals surface area contributed by atoms with E-state index in [0.29, 0.717) is 0 Å². The summed E-state index contributed by atoms with van der Waals surface area (Å²) in [5.74, 6) is 0.259. The van der Waals surface area contributed by atoms with Crippen molar-refractivity contribution in [2.24, 2.45) is 0 Å². The molecule has 0 fully saturated rings. The quantitative estimate of drug-likeness (QED) is 0.839. The average Bonchev–Trinajstić information content (AvgIpc) is 2.29. The summed E-state index contributed by atoms with van der Waals surface area (Å²) in [7, 11) is -3.74. The molecule has 0 saturated carbocycles. The maximum atomic E-state index is 12.0. The van der Waals surface area contributed by atoms with Crippen LogP contribution >= 0.6 is 0 Å². The fourth-order valence-electron chi connectivity index (χ4n) is 1.25. The Labute approximate surface area is 104 Å². The van der Waals surface area contributed by atoms with Gasteiger partial charge in [0.25, 0.3) is 10.0 Å². The number of nitrogens with two attached hydrogens (primary N) is 1. The molecular weight excluding hydrogens is 254 g/mol. The summed E-state index contributed by atoms with van der Waals surface area (Å²) < 4.78 is 26.2. The first-order valence-corrected chi connectivity index (χ1v) is 6.49. The van der Waals surface area contributed by atoms with Crippen LogP contribution in [0.1, 0.15) is 5.56 Å². The zero-order chi connectivity index (χ0) is 13.2. The van der Waals surface area contributed by atoms with Gasteiger partial charge in [0.05, 0.1) is 12.4 Å². The summed E-state index contributed by atoms with van der Waals surface area (Å²) in [5, 5.41) is 0. The molecule has 0 unspecified atom stereocenters. The molecule has 0 aliphatic rings. The number of anilines is 2. The van der Waals surface area contributed by atoms with Crippen molar-refractivity contribution in [3.05, 3.63) is 36.3 Å². The molecule has 0 aliphatic carbocycles. The van der Waals surface area contributed by atoms with Crippen molar-refractivity contribution in [3.63, 3.8) is 0 Å². The number of nitrogens with one attached hydrogen (secondary N) is 1. The summed E-state index contributed by atoms with van der Waals surface area (Å²) in [5.41, 5.74) is 6.19. The molecule has 2 aromatic heterocycles. The topological polar surface area (TPSA) is 111 Å². The molecular formula is C10H11N5O2S. The van der Waals surface area contributed by atoms with E-state index in [0.717, 1.165) is 18.0 Å². The van der Waals surface area contributed by atoms with Crippen LogP contribution in [0.25, 0.3) is 0 Å². The molecule has 2 rings (SSSR count). The number of aromatic nitrogens is 3. The van der Waals surface area contributed by atoms with Gasteiger partial charge in [0, 0.05) is 6.20 Å². The van der Waals surface area contributed by atoms with Gasteiger partial charge >= 0.3 is 0 Å². The Kier molecular flexibility index (Phi) is 3.11. The molecule has 0 spiro atoms. The summed E-state index contributed by atoms with van der Waals surface area (Å²) in [6, 6.07) is 3.39. The lowest BCUT2D eigenvalue weighted by Crippen LogP contribution is -2.14. The Morgan fingerprint density at radius 3 is 2.50 bits per heavy atom. The van der Waals surface area contributed by atoms with E-state index in [-0.39, 0.29) is 16.7 Å². The minimum Gasteiger partial charge on any atom is -0.368 e. The molecule has 0 aliphatic heterocycles. The first-order valence-electron chi connectivity index (χ1n) is 5.00. The van der Waals surface area contributed by atoms with Gasteiger partial charge in [0.2, 0.25) is 5.95 Å². The summed E-state index contributed by atoms with van der Waals surface area (Å²) in [6.45, 7) is 1.84. The number of hydrogen-bond donors (Lipinski definition) is 2. The standard InChI is InChI=1S/C10H11N5O2S/c1-7-2-3-12-9(4-7)15-18(16,17)8-5-13-10(11)14-6-8/h2-6H,1H3,(H,12,15)(H2,11,13,14). The second-order valence-electron chi connectivity index (χ2n) is 3.60. The number of aryl methyl sites for hydroxylation is 1. The maximum absolute atomic E-state index is 12.0. The lowest BCUT2D eigenvalue weighted by molar-refractivity contribution is 0.600. The molecule has 0 radical (unpaired) electrons. The monoisotopic (exact) mass is 265 g/mol. The Hall–Kier alpha value is -2.22. The number of sulfonamides is 1. The van der Waals surface area contributed by atoms with Crippen molar-refractivity contribution in [2.45, 2.75) is 11.8 Å². The minimum atomic E-state index is -3.74. The van der Waals surface area contributed by atoms with E-state index in [9.17, 15) is 8.42 Å². The summed E-state index contributed by atoms with van der Waals surface area (Å²) >= 11 is 0. The van der Waals surface area contributed by atoms with Crippen molar-refractivity contribution in [1.82, 2.24) is 15.0 Å². The predicted octanol–water partition coefficient (Wildman–Crippen LogP) is 0.563. The largest absolute Gasteiger partial charge is 0.368 e. The van der Waals surface area contributed by atoms with Crippen LogP contribution in [0.5, 0.6) is 0 Å². The highest BCUT2D eigenvalue weighted by molar-refractivity contribution is 7.92. The van der Waals surface area contributed by atoms with Gasteiger partial charge in [0.15, 0.2) is 0 Å². The van der Waals surface area contributed by atoms with Gasteiger partial charge in [-0.2, -0.15) is 0 Å². The highest BCUT2D eigenvalue weighted by Crippen LogP contribution is 2.13. The number of rotatable bonds is 3. The lowest BCUT2D eigenvalue weighted by atomic mass is 10.3. The molecule has 0 bridgehead atoms. The van der Waals surface area contributed by atoms with Crippen molar-refractivity contribution >= 4 is 21.8 Å². The van der Waals surface area contributed by atoms with Crippen molar-refractivity contribution in [1.29, 1.82) is 0 Å². The van der Waals surface area contributed by atoms with Crippen molar-refractivity contribution < 1.29 is 8.42 Å². The zero-order valence-corrected chi connectivity index (χ0v) is 10.3. The van der Waals surface area contributed by atoms with E-state index in [1.807, 2.05) is 6.92 Å². The third-order valence-corrected chi connectivity index (χ3v) is 3.42. The van der Waals surface area contributed by atoms with E-state index in [4.69, 9.17) is 5.73 Å². The second kappa shape index (κ2) is 4.57. The van der Waals surface area contributed by atoms with Crippen LogP contribution in [0.2, 0.25) is 0 Å². The molecule has 94 valence electrons. The van der Waals surface area contributed by atoms with Gasteiger partial charge in [-0.15, -0.1) is 0 Å². The third-order valence-electron chi connectivity index (χ3n) is 2.11. The molecule has 2 aromatic rings. The first kappa shape index (κ1) is 12.2. The van der Waals surface area contributed by atoms with Gasteiger partial charge in [-0.25, -0.2) is 23.4 Å². The van der Waals surface area contributed by atoms with Crippen LogP contribution < -0.4 is 10.5 Å². The van der Waals surface area contributed by atoms with E-state index in [1.165, 1.54) is 6.20 Å². The third kappa shape index (κ3) is 2.72. The van der Waals surface area contributed by atoms with Gasteiger partial charge in [0.1, 0.15) is 10.7 Å². The zero-order valence-electron chi connectivity index (χ0n) is 9.53. The molecule has 7 nitrogen and oxygen atoms in total. The average molecular weight is 265 g/mol. The Morgan fingerprint density at radius 1 is 1.22 bits per heavy atom. The minimum absolute atomic E-state index is 0.0163. The Morgan fingerprint density at radius 2 is 1.89 bits per heavy atom. The molecule has 0 saturated heterocycles. The molecule has 3 N–H and O–H groups in total. The molecule has 2 heterocycles. The van der Waals surface area contributed by atoms with Crippen molar-refractivity contribution in [2.75, 3.05) is 10.5 Å². The van der Waals surface area contributed by atoms with Crippen LogP contribution in [0.3, 0.4) is 0 Å². The molecule has 0 atom stereocenters. The van der Waals surface area contributed by atoms with Crippen LogP contribution in [-0.2, 0) is 10.0 Å². The van der Waals surface area contributed by atoms with Crippen molar-refractivity contribution in [3.8, 4) is 0 Å². The summed E-state index contributed by atoms with van der Waals surface area (Å²) in [6.07, 6.45) is 3.80. The van der Waals surface area contributed by atoms with E-state index in [2.05, 4.69) is 19.7 Å². The Bertz CT molecular complexity index is 654. The summed E-state index contributed by atoms with van der Waals surface area (Å²) in [4.78, 5) is 11.1. The van der Waals surface area contributed by atoms with E-state index < -0.39 is 10.0 Å². The Balaban J connectivity index is 2.30. The van der Waals surface area contributed by atoms with E-state index in [1.54, 1.807) is 12.1 Å². The van der Waals surface area contributed by atoms with Crippen LogP contribution in [0.4, 0.5) is 11.8 Å². The highest BCUT2D eigenvalue weighted by atomic mass is 32.2.